The van der Waals surface area contributed by atoms with Crippen molar-refractivity contribution < 1.29 is 14.6 Å². The van der Waals surface area contributed by atoms with Crippen LogP contribution in [0.4, 0.5) is 0 Å². The van der Waals surface area contributed by atoms with Crippen LogP contribution in [0.3, 0.4) is 0 Å². The Kier molecular flexibility index (Phi) is 4.01. The van der Waals surface area contributed by atoms with Crippen molar-refractivity contribution >= 4 is 11.3 Å². The first kappa shape index (κ1) is 13.8. The number of aliphatic hydroxyl groups excluding tert-OH is 1. The minimum absolute atomic E-state index is 0.273. The van der Waals surface area contributed by atoms with E-state index in [1.807, 2.05) is 19.9 Å². The Morgan fingerprint density at radius 1 is 1.26 bits per heavy atom. The molecule has 0 saturated carbocycles. The van der Waals surface area contributed by atoms with Crippen molar-refractivity contribution in [3.05, 3.63) is 33.3 Å². The number of aliphatic hydroxyl groups is 1. The highest BCUT2D eigenvalue weighted by atomic mass is 32.1. The highest BCUT2D eigenvalue weighted by Crippen LogP contribution is 2.33. The van der Waals surface area contributed by atoms with Gasteiger partial charge in [-0.25, -0.2) is 4.98 Å². The summed E-state index contributed by atoms with van der Waals surface area (Å²) < 4.78 is 10.2. The van der Waals surface area contributed by atoms with E-state index in [4.69, 9.17) is 9.47 Å². The van der Waals surface area contributed by atoms with E-state index in [0.717, 1.165) is 15.3 Å². The summed E-state index contributed by atoms with van der Waals surface area (Å²) in [7, 11) is 3.00. The van der Waals surface area contributed by atoms with E-state index in [9.17, 15) is 5.11 Å². The number of thiophene rings is 1. The van der Waals surface area contributed by atoms with Gasteiger partial charge in [0.15, 0.2) is 0 Å². The Bertz CT molecular complexity index is 583. The molecule has 5 nitrogen and oxygen atoms in total. The number of aryl methyl sites for hydroxylation is 2. The molecule has 0 aromatic carbocycles. The third-order valence-electron chi connectivity index (χ3n) is 2.78. The van der Waals surface area contributed by atoms with E-state index < -0.39 is 6.10 Å². The normalized spacial score (nSPS) is 12.3. The van der Waals surface area contributed by atoms with E-state index in [1.165, 1.54) is 20.4 Å². The van der Waals surface area contributed by atoms with Gasteiger partial charge in [-0.2, -0.15) is 4.98 Å². The van der Waals surface area contributed by atoms with Gasteiger partial charge in [-0.15, -0.1) is 11.3 Å². The average Bonchev–Trinajstić information content (AvgIpc) is 2.76. The van der Waals surface area contributed by atoms with Crippen molar-refractivity contribution in [1.29, 1.82) is 0 Å². The first-order valence-corrected chi connectivity index (χ1v) is 6.58. The van der Waals surface area contributed by atoms with Crippen molar-refractivity contribution in [1.82, 2.24) is 9.97 Å². The summed E-state index contributed by atoms with van der Waals surface area (Å²) in [6, 6.07) is 1.95. The van der Waals surface area contributed by atoms with Crippen LogP contribution >= 0.6 is 11.3 Å². The Labute approximate surface area is 115 Å². The quantitative estimate of drug-likeness (QED) is 0.930. The summed E-state index contributed by atoms with van der Waals surface area (Å²) in [6.45, 7) is 3.98. The second kappa shape index (κ2) is 5.54. The van der Waals surface area contributed by atoms with Gasteiger partial charge in [0.25, 0.3) is 0 Å². The lowest BCUT2D eigenvalue weighted by Crippen LogP contribution is -2.07. The number of hydrogen-bond donors (Lipinski definition) is 1. The van der Waals surface area contributed by atoms with Gasteiger partial charge in [0.05, 0.1) is 20.4 Å². The first-order chi connectivity index (χ1) is 9.06. The van der Waals surface area contributed by atoms with Crippen LogP contribution in [0.15, 0.2) is 12.3 Å². The maximum atomic E-state index is 10.4. The van der Waals surface area contributed by atoms with E-state index in [2.05, 4.69) is 9.97 Å². The van der Waals surface area contributed by atoms with Gasteiger partial charge in [-0.05, 0) is 19.9 Å². The Morgan fingerprint density at radius 2 is 2.00 bits per heavy atom. The number of rotatable bonds is 4. The Morgan fingerprint density at radius 3 is 2.53 bits per heavy atom. The zero-order chi connectivity index (χ0) is 14.0. The zero-order valence-corrected chi connectivity index (χ0v) is 12.1. The van der Waals surface area contributed by atoms with Crippen LogP contribution in [0.25, 0.3) is 0 Å². The molecule has 0 saturated heterocycles. The van der Waals surface area contributed by atoms with Crippen LogP contribution in [0.5, 0.6) is 11.8 Å². The van der Waals surface area contributed by atoms with Crippen molar-refractivity contribution in [2.45, 2.75) is 20.0 Å². The Balaban J connectivity index is 2.43. The summed E-state index contributed by atoms with van der Waals surface area (Å²) in [4.78, 5) is 10.5. The topological polar surface area (TPSA) is 64.5 Å². The van der Waals surface area contributed by atoms with Crippen molar-refractivity contribution in [3.8, 4) is 11.8 Å². The first-order valence-electron chi connectivity index (χ1n) is 5.76. The monoisotopic (exact) mass is 280 g/mol. The molecular weight excluding hydrogens is 264 g/mol. The van der Waals surface area contributed by atoms with Crippen molar-refractivity contribution in [3.63, 3.8) is 0 Å². The molecule has 2 aromatic rings. The minimum atomic E-state index is -0.849. The van der Waals surface area contributed by atoms with Gasteiger partial charge in [0, 0.05) is 15.3 Å². The van der Waals surface area contributed by atoms with Crippen LogP contribution < -0.4 is 9.47 Å². The number of aromatic nitrogens is 2. The molecule has 0 aliphatic heterocycles. The fourth-order valence-electron chi connectivity index (χ4n) is 1.87. The molecule has 6 heteroatoms. The summed E-state index contributed by atoms with van der Waals surface area (Å²) in [5, 5.41) is 10.4. The third kappa shape index (κ3) is 2.69. The van der Waals surface area contributed by atoms with Gasteiger partial charge in [0.2, 0.25) is 11.8 Å². The van der Waals surface area contributed by atoms with Crippen LogP contribution in [0.2, 0.25) is 0 Å². The average molecular weight is 280 g/mol. The molecule has 0 aliphatic rings. The molecule has 1 N–H and O–H groups in total. The SMILES string of the molecule is COc1cnc(C(O)c2cc(C)sc2C)c(OC)n1. The second-order valence-electron chi connectivity index (χ2n) is 4.08. The molecule has 2 aromatic heterocycles. The lowest BCUT2D eigenvalue weighted by Gasteiger charge is -2.13. The molecule has 2 heterocycles. The summed E-state index contributed by atoms with van der Waals surface area (Å²) >= 11 is 1.64. The van der Waals surface area contributed by atoms with Gasteiger partial charge in [-0.3, -0.25) is 0 Å². The number of ether oxygens (including phenoxy) is 2. The predicted molar refractivity (Wildman–Crippen MR) is 73.0 cm³/mol. The van der Waals surface area contributed by atoms with Crippen LogP contribution in [0, 0.1) is 13.8 Å². The Hall–Kier alpha value is -1.66. The molecule has 0 bridgehead atoms. The molecular formula is C13H16N2O3S. The number of methoxy groups -OCH3 is 2. The van der Waals surface area contributed by atoms with Crippen molar-refractivity contribution in [2.24, 2.45) is 0 Å². The second-order valence-corrected chi connectivity index (χ2v) is 5.54. The molecule has 0 fully saturated rings. The van der Waals surface area contributed by atoms with E-state index >= 15 is 0 Å². The fraction of sp³-hybridized carbons (Fsp3) is 0.385. The largest absolute Gasteiger partial charge is 0.480 e. The van der Waals surface area contributed by atoms with Crippen LogP contribution in [0.1, 0.15) is 27.1 Å². The maximum Gasteiger partial charge on any atom is 0.241 e. The summed E-state index contributed by atoms with van der Waals surface area (Å²) in [5.41, 5.74) is 1.23. The number of nitrogens with zero attached hydrogens (tertiary/aromatic N) is 2. The van der Waals surface area contributed by atoms with Gasteiger partial charge < -0.3 is 14.6 Å². The van der Waals surface area contributed by atoms with Gasteiger partial charge >= 0.3 is 0 Å². The highest BCUT2D eigenvalue weighted by molar-refractivity contribution is 7.12. The summed E-state index contributed by atoms with van der Waals surface area (Å²) in [5.74, 6) is 0.626. The van der Waals surface area contributed by atoms with Crippen LogP contribution in [-0.4, -0.2) is 29.3 Å². The third-order valence-corrected chi connectivity index (χ3v) is 3.76. The molecule has 19 heavy (non-hydrogen) atoms. The maximum absolute atomic E-state index is 10.4. The lowest BCUT2D eigenvalue weighted by atomic mass is 10.1. The van der Waals surface area contributed by atoms with E-state index in [1.54, 1.807) is 11.3 Å². The minimum Gasteiger partial charge on any atom is -0.480 e. The van der Waals surface area contributed by atoms with Gasteiger partial charge in [0.1, 0.15) is 11.8 Å². The van der Waals surface area contributed by atoms with E-state index in [-0.39, 0.29) is 5.88 Å². The molecule has 0 radical (unpaired) electrons. The molecule has 102 valence electrons. The summed E-state index contributed by atoms with van der Waals surface area (Å²) in [6.07, 6.45) is 0.619. The molecule has 1 unspecified atom stereocenters. The fourth-order valence-corrected chi connectivity index (χ4v) is 2.83. The molecule has 0 spiro atoms. The lowest BCUT2D eigenvalue weighted by molar-refractivity contribution is 0.206. The molecule has 0 amide bonds. The number of hydrogen-bond acceptors (Lipinski definition) is 6. The molecule has 0 aliphatic carbocycles. The van der Waals surface area contributed by atoms with Crippen molar-refractivity contribution in [2.75, 3.05) is 14.2 Å². The van der Waals surface area contributed by atoms with E-state index in [0.29, 0.717) is 11.6 Å². The van der Waals surface area contributed by atoms with Gasteiger partial charge in [-0.1, -0.05) is 0 Å². The smallest absolute Gasteiger partial charge is 0.241 e. The predicted octanol–water partition coefficient (Wildman–Crippen LogP) is 2.25. The highest BCUT2D eigenvalue weighted by Gasteiger charge is 2.22. The zero-order valence-electron chi connectivity index (χ0n) is 11.3. The standard InChI is InChI=1S/C13H16N2O3S/c1-7-5-9(8(2)19-7)12(16)11-13(18-4)15-10(17-3)6-14-11/h5-6,12,16H,1-4H3. The molecule has 2 rings (SSSR count). The molecule has 1 atom stereocenters. The van der Waals surface area contributed by atoms with Crippen LogP contribution in [-0.2, 0) is 0 Å².